The first-order valence-electron chi connectivity index (χ1n) is 9.73. The second-order valence-electron chi connectivity index (χ2n) is 8.96. The van der Waals surface area contributed by atoms with Gasteiger partial charge in [0.25, 0.3) is 0 Å². The van der Waals surface area contributed by atoms with Gasteiger partial charge in [-0.25, -0.2) is 9.78 Å². The van der Waals surface area contributed by atoms with Crippen LogP contribution in [0.2, 0.25) is 0 Å². The molecule has 2 unspecified atom stereocenters. The fourth-order valence-electron chi connectivity index (χ4n) is 4.86. The number of hydrogen-bond donors (Lipinski definition) is 0. The van der Waals surface area contributed by atoms with Gasteiger partial charge in [-0.1, -0.05) is 24.3 Å². The lowest BCUT2D eigenvalue weighted by Gasteiger charge is -2.25. The van der Waals surface area contributed by atoms with Crippen molar-refractivity contribution >= 4 is 28.0 Å². The molecule has 2 aromatic heterocycles. The Kier molecular flexibility index (Phi) is 3.51. The zero-order chi connectivity index (χ0) is 18.8. The molecular formula is C22H25N3O2. The molecule has 2 aliphatic rings. The average molecular weight is 363 g/mol. The minimum atomic E-state index is -0.437. The van der Waals surface area contributed by atoms with Crippen LogP contribution in [0.15, 0.2) is 36.8 Å². The predicted molar refractivity (Wildman–Crippen MR) is 105 cm³/mol. The van der Waals surface area contributed by atoms with Gasteiger partial charge >= 0.3 is 6.09 Å². The summed E-state index contributed by atoms with van der Waals surface area (Å²) in [7, 11) is 0. The summed E-state index contributed by atoms with van der Waals surface area (Å²) in [4.78, 5) is 18.7. The molecule has 0 N–H and O–H groups in total. The second kappa shape index (κ2) is 5.72. The van der Waals surface area contributed by atoms with Gasteiger partial charge in [0.15, 0.2) is 0 Å². The topological polar surface area (TPSA) is 46.8 Å². The number of carbonyl (C=O) groups is 1. The number of hydrogen-bond acceptors (Lipinski definition) is 3. The first kappa shape index (κ1) is 16.6. The first-order chi connectivity index (χ1) is 12.9. The van der Waals surface area contributed by atoms with Crippen LogP contribution in [0.3, 0.4) is 0 Å². The van der Waals surface area contributed by atoms with Gasteiger partial charge in [0, 0.05) is 23.9 Å². The number of nitrogens with zero attached hydrogens (tertiary/aromatic N) is 3. The molecule has 1 aromatic carbocycles. The molecule has 0 radical (unpaired) electrons. The normalized spacial score (nSPS) is 22.8. The number of ether oxygens (including phenoxy) is 1. The lowest BCUT2D eigenvalue weighted by molar-refractivity contribution is 0.0283. The summed E-state index contributed by atoms with van der Waals surface area (Å²) in [5.74, 6) is 1.06. The van der Waals surface area contributed by atoms with Gasteiger partial charge in [0.1, 0.15) is 5.60 Å². The van der Waals surface area contributed by atoms with Crippen molar-refractivity contribution in [2.24, 2.45) is 11.8 Å². The molecular weight excluding hydrogens is 338 g/mol. The van der Waals surface area contributed by atoms with E-state index in [1.54, 1.807) is 0 Å². The van der Waals surface area contributed by atoms with Gasteiger partial charge in [-0.3, -0.25) is 4.40 Å². The third kappa shape index (κ3) is 2.68. The highest BCUT2D eigenvalue weighted by molar-refractivity contribution is 5.98. The van der Waals surface area contributed by atoms with Crippen molar-refractivity contribution < 1.29 is 9.53 Å². The van der Waals surface area contributed by atoms with Crippen molar-refractivity contribution in [3.8, 4) is 0 Å². The summed E-state index contributed by atoms with van der Waals surface area (Å²) in [6.07, 6.45) is 5.80. The van der Waals surface area contributed by atoms with Crippen molar-refractivity contribution in [2.75, 3.05) is 13.1 Å². The number of carbonyl (C=O) groups excluding carboxylic acids is 1. The highest BCUT2D eigenvalue weighted by atomic mass is 16.6. The summed E-state index contributed by atoms with van der Waals surface area (Å²) in [6.45, 7) is 7.36. The molecule has 0 bridgehead atoms. The van der Waals surface area contributed by atoms with Gasteiger partial charge in [-0.15, -0.1) is 0 Å². The summed E-state index contributed by atoms with van der Waals surface area (Å²) in [5, 5.41) is 3.90. The van der Waals surface area contributed by atoms with E-state index in [9.17, 15) is 4.79 Å². The lowest BCUT2D eigenvalue weighted by atomic mass is 10.0. The van der Waals surface area contributed by atoms with Crippen molar-refractivity contribution in [2.45, 2.75) is 39.2 Å². The maximum Gasteiger partial charge on any atom is 0.410 e. The Hall–Kier alpha value is -2.56. The molecule has 5 rings (SSSR count). The van der Waals surface area contributed by atoms with Crippen LogP contribution in [-0.2, 0) is 4.74 Å². The number of aromatic nitrogens is 2. The molecule has 1 amide bonds. The molecule has 1 aliphatic carbocycles. The van der Waals surface area contributed by atoms with Gasteiger partial charge in [-0.2, -0.15) is 0 Å². The van der Waals surface area contributed by atoms with Crippen LogP contribution in [0.1, 0.15) is 33.6 Å². The Morgan fingerprint density at radius 1 is 1.11 bits per heavy atom. The number of benzene rings is 1. The first-order valence-corrected chi connectivity index (χ1v) is 9.73. The van der Waals surface area contributed by atoms with E-state index in [-0.39, 0.29) is 6.09 Å². The summed E-state index contributed by atoms with van der Waals surface area (Å²) in [6, 6.07) is 8.59. The molecule has 1 saturated carbocycles. The van der Waals surface area contributed by atoms with Gasteiger partial charge in [0.05, 0.1) is 23.4 Å². The summed E-state index contributed by atoms with van der Waals surface area (Å²) in [5.41, 5.74) is 2.24. The highest BCUT2D eigenvalue weighted by Gasteiger charge is 2.41. The van der Waals surface area contributed by atoms with Crippen LogP contribution < -0.4 is 5.35 Å². The molecule has 2 fully saturated rings. The van der Waals surface area contributed by atoms with Crippen molar-refractivity contribution in [1.82, 2.24) is 14.3 Å². The molecule has 3 heterocycles. The zero-order valence-electron chi connectivity index (χ0n) is 16.1. The molecule has 1 aliphatic heterocycles. The van der Waals surface area contributed by atoms with Crippen LogP contribution in [0, 0.1) is 11.8 Å². The third-order valence-electron chi connectivity index (χ3n) is 5.92. The molecule has 3 aromatic rings. The van der Waals surface area contributed by atoms with E-state index in [1.807, 2.05) is 38.2 Å². The second-order valence-corrected chi connectivity index (χ2v) is 8.96. The number of likely N-dealkylation sites (tertiary alicyclic amines) is 1. The van der Waals surface area contributed by atoms with Gasteiger partial charge < -0.3 is 9.64 Å². The fraction of sp³-hybridized carbons (Fsp3) is 0.455. The number of imidazole rings is 1. The molecule has 2 atom stereocenters. The zero-order valence-corrected chi connectivity index (χ0v) is 16.1. The number of rotatable bonds is 0. The van der Waals surface area contributed by atoms with Gasteiger partial charge in [0.2, 0.25) is 0 Å². The van der Waals surface area contributed by atoms with E-state index in [0.29, 0.717) is 11.8 Å². The summed E-state index contributed by atoms with van der Waals surface area (Å²) < 4.78 is 7.80. The average Bonchev–Trinajstić information content (AvgIpc) is 3.31. The van der Waals surface area contributed by atoms with Crippen LogP contribution in [-0.4, -0.2) is 39.1 Å². The van der Waals surface area contributed by atoms with E-state index in [1.165, 1.54) is 27.2 Å². The smallest absolute Gasteiger partial charge is 0.410 e. The minimum absolute atomic E-state index is 0.172. The van der Waals surface area contributed by atoms with Crippen LogP contribution in [0.5, 0.6) is 0 Å². The van der Waals surface area contributed by atoms with Crippen LogP contribution >= 0.6 is 0 Å². The predicted octanol–water partition coefficient (Wildman–Crippen LogP) is 3.63. The maximum absolute atomic E-state index is 12.4. The highest BCUT2D eigenvalue weighted by Crippen LogP contribution is 2.42. The molecule has 140 valence electrons. The largest absolute Gasteiger partial charge is 0.444 e. The Morgan fingerprint density at radius 2 is 1.78 bits per heavy atom. The Balaban J connectivity index is 1.47. The van der Waals surface area contributed by atoms with Crippen LogP contribution in [0.4, 0.5) is 4.79 Å². The quantitative estimate of drug-likeness (QED) is 0.613. The molecule has 5 nitrogen and oxygen atoms in total. The molecule has 5 heteroatoms. The van der Waals surface area contributed by atoms with Crippen molar-refractivity contribution in [3.05, 3.63) is 42.1 Å². The van der Waals surface area contributed by atoms with Crippen molar-refractivity contribution in [1.29, 1.82) is 0 Å². The number of fused-ring (bicyclic) bond motifs is 4. The maximum atomic E-state index is 12.4. The van der Waals surface area contributed by atoms with Crippen LogP contribution in [0.25, 0.3) is 21.9 Å². The standard InChI is InChI=1S/C22H25N3O2/c1-22(2,3)27-21(26)24-11-15-8-14(9-16(15)12-24)20-18-7-5-4-6-17(18)19-10-23-13-25(19)20/h4-7,10,13,15-16H,8-9,11-12H2,1-3H3. The molecule has 1 saturated heterocycles. The van der Waals surface area contributed by atoms with Gasteiger partial charge in [-0.05, 0) is 51.0 Å². The molecule has 0 spiro atoms. The van der Waals surface area contributed by atoms with Crippen molar-refractivity contribution in [3.63, 3.8) is 0 Å². The Bertz CT molecular complexity index is 1080. The van der Waals surface area contributed by atoms with E-state index in [4.69, 9.17) is 4.74 Å². The lowest BCUT2D eigenvalue weighted by Crippen LogP contribution is -2.36. The Morgan fingerprint density at radius 3 is 2.44 bits per heavy atom. The molecule has 27 heavy (non-hydrogen) atoms. The van der Waals surface area contributed by atoms with E-state index < -0.39 is 5.60 Å². The minimum Gasteiger partial charge on any atom is -0.444 e. The van der Waals surface area contributed by atoms with E-state index >= 15 is 0 Å². The fourth-order valence-corrected chi connectivity index (χ4v) is 4.86. The number of amides is 1. The summed E-state index contributed by atoms with van der Waals surface area (Å²) >= 11 is 0. The van der Waals surface area contributed by atoms with E-state index in [2.05, 4.69) is 33.7 Å². The monoisotopic (exact) mass is 363 g/mol. The van der Waals surface area contributed by atoms with E-state index in [0.717, 1.165) is 25.9 Å². The SMILES string of the molecule is CC(C)(C)OC(=O)N1CC2CC(=c3c4ccccc4c4cncn34)CC2C1. The Labute approximate surface area is 158 Å². The third-order valence-corrected chi connectivity index (χ3v) is 5.92.